The molecule has 0 bridgehead atoms. The van der Waals surface area contributed by atoms with E-state index in [1.165, 1.54) is 15.9 Å². The first-order chi connectivity index (χ1) is 14.6. The molecule has 8 heteroatoms. The zero-order chi connectivity index (χ0) is 23.6. The van der Waals surface area contributed by atoms with Crippen LogP contribution in [0.1, 0.15) is 40.5 Å². The van der Waals surface area contributed by atoms with Gasteiger partial charge in [-0.15, -0.1) is 0 Å². The molecule has 1 saturated heterocycles. The molecule has 3 atom stereocenters. The van der Waals surface area contributed by atoms with E-state index in [-0.39, 0.29) is 23.6 Å². The third-order valence-electron chi connectivity index (χ3n) is 5.31. The van der Waals surface area contributed by atoms with Crippen molar-refractivity contribution in [2.24, 2.45) is 5.92 Å². The first kappa shape index (κ1) is 26.1. The first-order valence-electron chi connectivity index (χ1n) is 10.7. The van der Waals surface area contributed by atoms with Crippen LogP contribution in [0.2, 0.25) is 0 Å². The third kappa shape index (κ3) is 7.70. The lowest BCUT2D eigenvalue weighted by atomic mass is 9.98. The number of carbonyl (C=O) groups is 4. The molecule has 0 unspecified atom stereocenters. The summed E-state index contributed by atoms with van der Waals surface area (Å²) in [4.78, 5) is 53.8. The second-order valence-electron chi connectivity index (χ2n) is 8.03. The summed E-state index contributed by atoms with van der Waals surface area (Å²) in [5.41, 5.74) is 0. The summed E-state index contributed by atoms with van der Waals surface area (Å²) in [5.74, 6) is -1.45. The maximum atomic E-state index is 13.2. The van der Waals surface area contributed by atoms with Crippen LogP contribution >= 0.6 is 0 Å². The van der Waals surface area contributed by atoms with Gasteiger partial charge in [-0.3, -0.25) is 19.2 Å². The van der Waals surface area contributed by atoms with E-state index in [0.717, 1.165) is 0 Å². The molecule has 31 heavy (non-hydrogen) atoms. The standard InChI is InChI=1S/C23H36N4O4/c1-7-8-9-10-11-14-19(28)25-18-13-12-15-24-21(29)17(4)26(5)23(31)20(16(2)3)27(6)22(18)30/h7-11,14,16-18,20H,12-13,15H2,1-6H3,(H,24,29)(H,25,28)/b8-7-,10-9-,14-11-/t17-,18-,20+/m1/s1. The fourth-order valence-electron chi connectivity index (χ4n) is 3.38. The van der Waals surface area contributed by atoms with Crippen molar-refractivity contribution in [3.05, 3.63) is 36.5 Å². The average Bonchev–Trinajstić information content (AvgIpc) is 2.72. The smallest absolute Gasteiger partial charge is 0.246 e. The molecule has 1 heterocycles. The van der Waals surface area contributed by atoms with E-state index in [2.05, 4.69) is 10.6 Å². The van der Waals surface area contributed by atoms with Gasteiger partial charge in [-0.25, -0.2) is 0 Å². The van der Waals surface area contributed by atoms with Crippen LogP contribution in [-0.2, 0) is 19.2 Å². The number of hydrogen-bond acceptors (Lipinski definition) is 4. The van der Waals surface area contributed by atoms with Crippen molar-refractivity contribution in [3.8, 4) is 0 Å². The monoisotopic (exact) mass is 432 g/mol. The predicted octanol–water partition coefficient (Wildman–Crippen LogP) is 1.40. The summed E-state index contributed by atoms with van der Waals surface area (Å²) in [6, 6.07) is -2.19. The molecule has 1 rings (SSSR count). The first-order valence-corrected chi connectivity index (χ1v) is 10.7. The van der Waals surface area contributed by atoms with Crippen molar-refractivity contribution < 1.29 is 19.2 Å². The quantitative estimate of drug-likeness (QED) is 0.507. The molecule has 0 aliphatic carbocycles. The average molecular weight is 433 g/mol. The Hall–Kier alpha value is -2.90. The molecule has 172 valence electrons. The van der Waals surface area contributed by atoms with Crippen molar-refractivity contribution in [3.63, 3.8) is 0 Å². The molecule has 0 aromatic carbocycles. The van der Waals surface area contributed by atoms with Gasteiger partial charge in [-0.1, -0.05) is 44.2 Å². The van der Waals surface area contributed by atoms with Crippen LogP contribution < -0.4 is 10.6 Å². The van der Waals surface area contributed by atoms with E-state index in [9.17, 15) is 19.2 Å². The number of allylic oxidation sites excluding steroid dienone is 5. The minimum absolute atomic E-state index is 0.171. The molecule has 0 saturated carbocycles. The Morgan fingerprint density at radius 3 is 2.32 bits per heavy atom. The minimum Gasteiger partial charge on any atom is -0.354 e. The number of amides is 4. The highest BCUT2D eigenvalue weighted by molar-refractivity contribution is 5.96. The number of carbonyl (C=O) groups excluding carboxylic acids is 4. The Morgan fingerprint density at radius 2 is 1.71 bits per heavy atom. The van der Waals surface area contributed by atoms with E-state index >= 15 is 0 Å². The molecular weight excluding hydrogens is 396 g/mol. The fraction of sp³-hybridized carbons (Fsp3) is 0.565. The Kier molecular flexibility index (Phi) is 10.7. The van der Waals surface area contributed by atoms with Crippen LogP contribution in [0.15, 0.2) is 36.5 Å². The van der Waals surface area contributed by atoms with Crippen molar-refractivity contribution in [2.75, 3.05) is 20.6 Å². The Labute approximate surface area is 185 Å². The lowest BCUT2D eigenvalue weighted by molar-refractivity contribution is -0.150. The van der Waals surface area contributed by atoms with Crippen LogP contribution in [0.5, 0.6) is 0 Å². The topological polar surface area (TPSA) is 98.8 Å². The van der Waals surface area contributed by atoms with Gasteiger partial charge >= 0.3 is 0 Å². The Morgan fingerprint density at radius 1 is 1.06 bits per heavy atom. The lowest BCUT2D eigenvalue weighted by Crippen LogP contribution is -2.59. The number of rotatable bonds is 5. The summed E-state index contributed by atoms with van der Waals surface area (Å²) in [6.07, 6.45) is 11.0. The molecule has 0 radical (unpaired) electrons. The number of likely N-dealkylation sites (N-methyl/N-ethyl adjacent to an activating group) is 2. The van der Waals surface area contributed by atoms with Gasteiger partial charge in [0.25, 0.3) is 0 Å². The molecule has 1 aliphatic heterocycles. The Balaban J connectivity index is 3.11. The lowest BCUT2D eigenvalue weighted by Gasteiger charge is -2.37. The van der Waals surface area contributed by atoms with E-state index in [1.54, 1.807) is 39.2 Å². The molecule has 8 nitrogen and oxygen atoms in total. The van der Waals surface area contributed by atoms with Crippen LogP contribution in [0, 0.1) is 5.92 Å². The van der Waals surface area contributed by atoms with Gasteiger partial charge in [0.1, 0.15) is 18.1 Å². The molecule has 0 aromatic rings. The summed E-state index contributed by atoms with van der Waals surface area (Å²) in [6.45, 7) is 7.61. The van der Waals surface area contributed by atoms with E-state index < -0.39 is 24.0 Å². The second kappa shape index (κ2) is 12.7. The van der Waals surface area contributed by atoms with Crippen molar-refractivity contribution in [2.45, 2.75) is 58.7 Å². The van der Waals surface area contributed by atoms with Gasteiger partial charge < -0.3 is 20.4 Å². The molecule has 1 fully saturated rings. The predicted molar refractivity (Wildman–Crippen MR) is 121 cm³/mol. The van der Waals surface area contributed by atoms with Crippen molar-refractivity contribution in [1.29, 1.82) is 0 Å². The van der Waals surface area contributed by atoms with Crippen LogP contribution in [0.25, 0.3) is 0 Å². The van der Waals surface area contributed by atoms with Gasteiger partial charge in [0.15, 0.2) is 0 Å². The van der Waals surface area contributed by atoms with Gasteiger partial charge in [0.2, 0.25) is 23.6 Å². The maximum Gasteiger partial charge on any atom is 0.246 e. The van der Waals surface area contributed by atoms with Crippen molar-refractivity contribution in [1.82, 2.24) is 20.4 Å². The molecular formula is C23H36N4O4. The van der Waals surface area contributed by atoms with Crippen LogP contribution in [0.3, 0.4) is 0 Å². The number of hydrogen-bond donors (Lipinski definition) is 2. The van der Waals surface area contributed by atoms with Crippen LogP contribution in [0.4, 0.5) is 0 Å². The second-order valence-corrected chi connectivity index (χ2v) is 8.03. The zero-order valence-corrected chi connectivity index (χ0v) is 19.4. The normalized spacial score (nSPS) is 24.7. The third-order valence-corrected chi connectivity index (χ3v) is 5.31. The van der Waals surface area contributed by atoms with Gasteiger partial charge in [-0.05, 0) is 32.6 Å². The minimum atomic E-state index is -0.797. The zero-order valence-electron chi connectivity index (χ0n) is 19.4. The van der Waals surface area contributed by atoms with Crippen molar-refractivity contribution >= 4 is 23.6 Å². The van der Waals surface area contributed by atoms with E-state index in [0.29, 0.717) is 19.4 Å². The highest BCUT2D eigenvalue weighted by atomic mass is 16.2. The number of nitrogens with zero attached hydrogens (tertiary/aromatic N) is 2. The summed E-state index contributed by atoms with van der Waals surface area (Å²) in [7, 11) is 3.14. The summed E-state index contributed by atoms with van der Waals surface area (Å²) in [5, 5.41) is 5.54. The Bertz CT molecular complexity index is 742. The SMILES string of the molecule is C\C=C/C=C\C=C/C(=O)N[C@@H]1CCCNC(=O)[C@@H](C)N(C)C(=O)[C@H](C(C)C)N(C)C1=O. The van der Waals surface area contributed by atoms with E-state index in [1.807, 2.05) is 32.9 Å². The molecule has 0 aromatic heterocycles. The fourth-order valence-corrected chi connectivity index (χ4v) is 3.38. The summed E-state index contributed by atoms with van der Waals surface area (Å²) >= 11 is 0. The van der Waals surface area contributed by atoms with E-state index in [4.69, 9.17) is 0 Å². The molecule has 2 N–H and O–H groups in total. The molecule has 4 amide bonds. The largest absolute Gasteiger partial charge is 0.354 e. The highest BCUT2D eigenvalue weighted by Gasteiger charge is 2.37. The van der Waals surface area contributed by atoms with Gasteiger partial charge in [0, 0.05) is 26.7 Å². The van der Waals surface area contributed by atoms with Crippen LogP contribution in [-0.4, -0.2) is 72.2 Å². The summed E-state index contributed by atoms with van der Waals surface area (Å²) < 4.78 is 0. The molecule has 1 aliphatic rings. The van der Waals surface area contributed by atoms with Gasteiger partial charge in [0.05, 0.1) is 0 Å². The number of nitrogens with one attached hydrogen (secondary N) is 2. The molecule has 0 spiro atoms. The highest BCUT2D eigenvalue weighted by Crippen LogP contribution is 2.17. The maximum absolute atomic E-state index is 13.2. The van der Waals surface area contributed by atoms with Gasteiger partial charge in [-0.2, -0.15) is 0 Å².